The maximum absolute atomic E-state index is 8.80. The number of unbranched alkanes of at least 4 members (excludes halogenated alkanes) is 3. The maximum Gasteiger partial charge on any atom is 0.170 e. The highest BCUT2D eigenvalue weighted by molar-refractivity contribution is 7.80. The van der Waals surface area contributed by atoms with Gasteiger partial charge in [-0.1, -0.05) is 12.8 Å². The lowest BCUT2D eigenvalue weighted by atomic mass is 10.2. The van der Waals surface area contributed by atoms with Gasteiger partial charge in [-0.3, -0.25) is 0 Å². The molecule has 4 N–H and O–H groups in total. The lowest BCUT2D eigenvalue weighted by molar-refractivity contribution is 0.625. The van der Waals surface area contributed by atoms with Gasteiger partial charge in [0.15, 0.2) is 10.2 Å². The number of rotatable bonds is 9. The molecule has 0 unspecified atom stereocenters. The number of benzene rings is 2. The predicted molar refractivity (Wildman–Crippen MR) is 129 cm³/mol. The van der Waals surface area contributed by atoms with Gasteiger partial charge in [-0.2, -0.15) is 10.5 Å². The van der Waals surface area contributed by atoms with E-state index in [2.05, 4.69) is 33.4 Å². The Morgan fingerprint density at radius 1 is 0.633 bits per heavy atom. The molecular formula is C22H24N6S2. The summed E-state index contributed by atoms with van der Waals surface area (Å²) in [5.74, 6) is 0. The minimum absolute atomic E-state index is 0.584. The summed E-state index contributed by atoms with van der Waals surface area (Å²) in [5, 5.41) is 31.4. The molecule has 2 aromatic carbocycles. The summed E-state index contributed by atoms with van der Waals surface area (Å²) in [6.07, 6.45) is 4.26. The molecule has 0 saturated heterocycles. The Morgan fingerprint density at radius 2 is 1.00 bits per heavy atom. The Hall–Kier alpha value is -3.20. The Bertz CT molecular complexity index is 833. The molecule has 0 saturated carbocycles. The quantitative estimate of drug-likeness (QED) is 0.342. The Balaban J connectivity index is 1.48. The van der Waals surface area contributed by atoms with Crippen molar-refractivity contribution in [3.05, 3.63) is 59.7 Å². The second kappa shape index (κ2) is 13.1. The molecule has 2 rings (SSSR count). The molecule has 0 bridgehead atoms. The first-order valence-electron chi connectivity index (χ1n) is 9.71. The average Bonchev–Trinajstić information content (AvgIpc) is 2.76. The lowest BCUT2D eigenvalue weighted by Crippen LogP contribution is -2.29. The van der Waals surface area contributed by atoms with E-state index in [0.29, 0.717) is 21.4 Å². The summed E-state index contributed by atoms with van der Waals surface area (Å²) >= 11 is 10.6. The first-order valence-corrected chi connectivity index (χ1v) is 10.5. The molecular weight excluding hydrogens is 412 g/mol. The van der Waals surface area contributed by atoms with E-state index in [1.165, 1.54) is 0 Å². The summed E-state index contributed by atoms with van der Waals surface area (Å²) in [4.78, 5) is 0. The number of nitrogens with zero attached hydrogens (tertiary/aromatic N) is 2. The second-order valence-corrected chi connectivity index (χ2v) is 7.37. The van der Waals surface area contributed by atoms with Crippen LogP contribution in [-0.4, -0.2) is 23.3 Å². The van der Waals surface area contributed by atoms with Crippen molar-refractivity contribution in [3.8, 4) is 12.1 Å². The van der Waals surface area contributed by atoms with Gasteiger partial charge in [0.05, 0.1) is 23.3 Å². The number of hydrogen-bond donors (Lipinski definition) is 4. The van der Waals surface area contributed by atoms with Crippen molar-refractivity contribution in [2.75, 3.05) is 23.7 Å². The SMILES string of the molecule is N#Cc1ccc(NC(=S)NCCCCCCNC(=S)Nc2ccc(C#N)cc2)cc1. The van der Waals surface area contributed by atoms with Crippen LogP contribution in [0.1, 0.15) is 36.8 Å². The molecule has 8 heteroatoms. The van der Waals surface area contributed by atoms with E-state index in [0.717, 1.165) is 50.1 Å². The molecule has 0 aliphatic rings. The normalized spacial score (nSPS) is 9.67. The van der Waals surface area contributed by atoms with Crippen molar-refractivity contribution in [3.63, 3.8) is 0 Å². The molecule has 0 aromatic heterocycles. The molecule has 0 heterocycles. The average molecular weight is 437 g/mol. The molecule has 0 aliphatic carbocycles. The molecule has 0 spiro atoms. The van der Waals surface area contributed by atoms with E-state index < -0.39 is 0 Å². The Morgan fingerprint density at radius 3 is 1.33 bits per heavy atom. The molecule has 2 aromatic rings. The van der Waals surface area contributed by atoms with Gasteiger partial charge in [0.25, 0.3) is 0 Å². The highest BCUT2D eigenvalue weighted by atomic mass is 32.1. The van der Waals surface area contributed by atoms with Gasteiger partial charge >= 0.3 is 0 Å². The van der Waals surface area contributed by atoms with Crippen LogP contribution in [0.2, 0.25) is 0 Å². The van der Waals surface area contributed by atoms with Crippen LogP contribution in [0.3, 0.4) is 0 Å². The standard InChI is InChI=1S/C22H24N6S2/c23-15-17-5-9-19(10-6-17)27-21(29)25-13-3-1-2-4-14-26-22(30)28-20-11-7-18(16-24)8-12-20/h5-12H,1-4,13-14H2,(H2,25,27,29)(H2,26,28,30). The fraction of sp³-hybridized carbons (Fsp3) is 0.273. The van der Waals surface area contributed by atoms with Gasteiger partial charge in [-0.05, 0) is 85.8 Å². The van der Waals surface area contributed by atoms with Crippen LogP contribution in [0, 0.1) is 22.7 Å². The van der Waals surface area contributed by atoms with Crippen molar-refractivity contribution in [1.82, 2.24) is 10.6 Å². The van der Waals surface area contributed by atoms with Gasteiger partial charge < -0.3 is 21.3 Å². The summed E-state index contributed by atoms with van der Waals surface area (Å²) in [5.41, 5.74) is 2.98. The van der Waals surface area contributed by atoms with Crippen LogP contribution in [0.4, 0.5) is 11.4 Å². The first-order chi connectivity index (χ1) is 14.6. The minimum atomic E-state index is 0.584. The van der Waals surface area contributed by atoms with Gasteiger partial charge in [0.2, 0.25) is 0 Å². The van der Waals surface area contributed by atoms with Crippen molar-refractivity contribution >= 4 is 46.0 Å². The fourth-order valence-corrected chi connectivity index (χ4v) is 3.05. The number of thiocarbonyl (C=S) groups is 2. The highest BCUT2D eigenvalue weighted by Gasteiger charge is 2.00. The summed E-state index contributed by atoms with van der Waals surface area (Å²) in [6, 6.07) is 18.5. The maximum atomic E-state index is 8.80. The molecule has 0 radical (unpaired) electrons. The Kier molecular flexibility index (Phi) is 10.1. The van der Waals surface area contributed by atoms with Crippen LogP contribution in [-0.2, 0) is 0 Å². The molecule has 154 valence electrons. The third-order valence-corrected chi connectivity index (χ3v) is 4.71. The van der Waals surface area contributed by atoms with Crippen LogP contribution < -0.4 is 21.3 Å². The number of anilines is 2. The van der Waals surface area contributed by atoms with Crippen molar-refractivity contribution in [2.45, 2.75) is 25.7 Å². The largest absolute Gasteiger partial charge is 0.362 e. The number of hydrogen-bond acceptors (Lipinski definition) is 4. The van der Waals surface area contributed by atoms with Crippen LogP contribution in [0.25, 0.3) is 0 Å². The fourth-order valence-electron chi connectivity index (χ4n) is 2.61. The van der Waals surface area contributed by atoms with Crippen LogP contribution in [0.5, 0.6) is 0 Å². The van der Waals surface area contributed by atoms with E-state index in [4.69, 9.17) is 35.0 Å². The zero-order valence-corrected chi connectivity index (χ0v) is 18.2. The van der Waals surface area contributed by atoms with Crippen molar-refractivity contribution < 1.29 is 0 Å². The molecule has 0 aliphatic heterocycles. The van der Waals surface area contributed by atoms with Crippen LogP contribution >= 0.6 is 24.4 Å². The van der Waals surface area contributed by atoms with Gasteiger partial charge in [0, 0.05) is 24.5 Å². The Labute approximate surface area is 188 Å². The smallest absolute Gasteiger partial charge is 0.170 e. The van der Waals surface area contributed by atoms with E-state index in [9.17, 15) is 0 Å². The molecule has 6 nitrogen and oxygen atoms in total. The van der Waals surface area contributed by atoms with E-state index >= 15 is 0 Å². The monoisotopic (exact) mass is 436 g/mol. The summed E-state index contributed by atoms with van der Waals surface area (Å²) in [7, 11) is 0. The zero-order valence-electron chi connectivity index (χ0n) is 16.6. The number of nitrogens with one attached hydrogen (secondary N) is 4. The van der Waals surface area contributed by atoms with Gasteiger partial charge in [0.1, 0.15) is 0 Å². The molecule has 0 atom stereocenters. The summed E-state index contributed by atoms with van der Waals surface area (Å²) < 4.78 is 0. The topological polar surface area (TPSA) is 95.7 Å². The van der Waals surface area contributed by atoms with E-state index in [1.807, 2.05) is 24.3 Å². The molecule has 30 heavy (non-hydrogen) atoms. The number of nitriles is 2. The van der Waals surface area contributed by atoms with E-state index in [1.54, 1.807) is 24.3 Å². The van der Waals surface area contributed by atoms with E-state index in [-0.39, 0.29) is 0 Å². The van der Waals surface area contributed by atoms with Gasteiger partial charge in [-0.25, -0.2) is 0 Å². The summed E-state index contributed by atoms with van der Waals surface area (Å²) in [6.45, 7) is 1.63. The zero-order chi connectivity index (χ0) is 21.6. The second-order valence-electron chi connectivity index (χ2n) is 6.55. The third kappa shape index (κ3) is 8.87. The van der Waals surface area contributed by atoms with Crippen molar-refractivity contribution in [2.24, 2.45) is 0 Å². The third-order valence-electron chi connectivity index (χ3n) is 4.22. The first kappa shape index (κ1) is 23.1. The lowest BCUT2D eigenvalue weighted by Gasteiger charge is -2.11. The van der Waals surface area contributed by atoms with Crippen LogP contribution in [0.15, 0.2) is 48.5 Å². The minimum Gasteiger partial charge on any atom is -0.362 e. The van der Waals surface area contributed by atoms with Crippen molar-refractivity contribution in [1.29, 1.82) is 10.5 Å². The highest BCUT2D eigenvalue weighted by Crippen LogP contribution is 2.09. The van der Waals surface area contributed by atoms with Gasteiger partial charge in [-0.15, -0.1) is 0 Å². The molecule has 0 amide bonds. The molecule has 0 fully saturated rings. The predicted octanol–water partition coefficient (Wildman–Crippen LogP) is 4.26.